The molecule has 0 amide bonds. The lowest BCUT2D eigenvalue weighted by Crippen LogP contribution is -2.49. The summed E-state index contributed by atoms with van der Waals surface area (Å²) in [6.45, 7) is 7.51. The van der Waals surface area contributed by atoms with E-state index in [1.54, 1.807) is 0 Å². The van der Waals surface area contributed by atoms with Crippen LogP contribution in [0.5, 0.6) is 0 Å². The molecule has 0 spiro atoms. The summed E-state index contributed by atoms with van der Waals surface area (Å²) in [4.78, 5) is 13.4. The molecule has 1 aliphatic heterocycles. The molecule has 2 aromatic rings. The van der Waals surface area contributed by atoms with Gasteiger partial charge in [-0.1, -0.05) is 67.6 Å². The third kappa shape index (κ3) is 4.13. The molecule has 1 fully saturated rings. The van der Waals surface area contributed by atoms with Crippen molar-refractivity contribution in [3.63, 3.8) is 0 Å². The number of hydrogen-bond acceptors (Lipinski definition) is 4. The molecular formula is C24H30O4. The molecule has 4 heteroatoms. The molecule has 0 aromatic heterocycles. The number of esters is 1. The Labute approximate surface area is 167 Å². The van der Waals surface area contributed by atoms with Crippen LogP contribution in [0.25, 0.3) is 0 Å². The van der Waals surface area contributed by atoms with E-state index in [-0.39, 0.29) is 30.5 Å². The first-order valence-electron chi connectivity index (χ1n) is 9.88. The van der Waals surface area contributed by atoms with E-state index < -0.39 is 11.2 Å². The van der Waals surface area contributed by atoms with Crippen LogP contribution in [0.3, 0.4) is 0 Å². The fourth-order valence-electron chi connectivity index (χ4n) is 4.01. The molecule has 28 heavy (non-hydrogen) atoms. The van der Waals surface area contributed by atoms with E-state index in [1.807, 2.05) is 88.4 Å². The highest BCUT2D eigenvalue weighted by molar-refractivity contribution is 5.81. The normalized spacial score (nSPS) is 27.5. The highest BCUT2D eigenvalue weighted by atomic mass is 16.6. The van der Waals surface area contributed by atoms with Gasteiger partial charge < -0.3 is 14.6 Å². The molecule has 0 radical (unpaired) electrons. The third-order valence-corrected chi connectivity index (χ3v) is 5.50. The van der Waals surface area contributed by atoms with Gasteiger partial charge in [-0.05, 0) is 31.9 Å². The summed E-state index contributed by atoms with van der Waals surface area (Å²) >= 11 is 0. The number of carbonyl (C=O) groups is 1. The van der Waals surface area contributed by atoms with Gasteiger partial charge >= 0.3 is 5.97 Å². The van der Waals surface area contributed by atoms with Crippen molar-refractivity contribution in [2.75, 3.05) is 6.61 Å². The van der Waals surface area contributed by atoms with Crippen molar-refractivity contribution in [3.05, 3.63) is 71.8 Å². The van der Waals surface area contributed by atoms with E-state index >= 15 is 0 Å². The van der Waals surface area contributed by atoms with Gasteiger partial charge in [-0.3, -0.25) is 0 Å². The van der Waals surface area contributed by atoms with Gasteiger partial charge in [0, 0.05) is 24.9 Å². The molecular weight excluding hydrogens is 352 g/mol. The lowest BCUT2D eigenvalue weighted by molar-refractivity contribution is -0.186. The maximum Gasteiger partial charge on any atom is 0.339 e. The molecule has 1 aliphatic rings. The zero-order valence-corrected chi connectivity index (χ0v) is 17.1. The molecule has 0 unspecified atom stereocenters. The van der Waals surface area contributed by atoms with Crippen molar-refractivity contribution in [2.45, 2.75) is 51.4 Å². The van der Waals surface area contributed by atoms with Gasteiger partial charge in [0.2, 0.25) is 0 Å². The molecule has 150 valence electrons. The lowest BCUT2D eigenvalue weighted by Gasteiger charge is -2.34. The monoisotopic (exact) mass is 382 g/mol. The lowest BCUT2D eigenvalue weighted by atomic mass is 9.76. The Morgan fingerprint density at radius 2 is 1.64 bits per heavy atom. The zero-order valence-electron chi connectivity index (χ0n) is 17.1. The second kappa shape index (κ2) is 8.06. The van der Waals surface area contributed by atoms with E-state index in [1.165, 1.54) is 0 Å². The Morgan fingerprint density at radius 1 is 1.07 bits per heavy atom. The van der Waals surface area contributed by atoms with Crippen LogP contribution in [0.4, 0.5) is 0 Å². The van der Waals surface area contributed by atoms with Crippen LogP contribution in [-0.2, 0) is 20.7 Å². The van der Waals surface area contributed by atoms with Gasteiger partial charge in [0.1, 0.15) is 5.60 Å². The average Bonchev–Trinajstić information content (AvgIpc) is 2.95. The summed E-state index contributed by atoms with van der Waals surface area (Å²) in [5.41, 5.74) is 0.198. The van der Waals surface area contributed by atoms with E-state index in [2.05, 4.69) is 0 Å². The Bertz CT molecular complexity index is 781. The number of rotatable bonds is 5. The van der Waals surface area contributed by atoms with E-state index in [0.29, 0.717) is 6.42 Å². The maximum atomic E-state index is 13.4. The number of aliphatic hydroxyl groups excluding tert-OH is 1. The first kappa shape index (κ1) is 20.6. The molecule has 4 atom stereocenters. The number of ether oxygens (including phenoxy) is 2. The van der Waals surface area contributed by atoms with Crippen LogP contribution in [0.1, 0.15) is 44.9 Å². The smallest absolute Gasteiger partial charge is 0.339 e. The van der Waals surface area contributed by atoms with Gasteiger partial charge in [0.05, 0.1) is 6.10 Å². The van der Waals surface area contributed by atoms with Gasteiger partial charge in [0.15, 0.2) is 5.60 Å². The van der Waals surface area contributed by atoms with Crippen molar-refractivity contribution in [1.82, 2.24) is 0 Å². The fourth-order valence-corrected chi connectivity index (χ4v) is 4.01. The summed E-state index contributed by atoms with van der Waals surface area (Å²) < 4.78 is 12.3. The maximum absolute atomic E-state index is 13.4. The molecule has 0 aliphatic carbocycles. The molecule has 3 rings (SSSR count). The Balaban J connectivity index is 2.03. The molecule has 1 N–H and O–H groups in total. The van der Waals surface area contributed by atoms with E-state index in [9.17, 15) is 9.90 Å². The minimum absolute atomic E-state index is 0.0555. The number of aliphatic hydroxyl groups is 1. The van der Waals surface area contributed by atoms with Gasteiger partial charge in [-0.25, -0.2) is 4.79 Å². The van der Waals surface area contributed by atoms with Crippen LogP contribution in [0.15, 0.2) is 60.7 Å². The van der Waals surface area contributed by atoms with E-state index in [4.69, 9.17) is 9.47 Å². The standard InChI is InChI=1S/C24H30O4/c1-17-20(16-25)21(19-13-9-6-10-14-19)27-24(17,22(26)28-23(2,3)4)15-18-11-7-5-8-12-18/h5-14,17,20-21,25H,15-16H2,1-4H3/t17-,20+,21-,24-/m0/s1. The summed E-state index contributed by atoms with van der Waals surface area (Å²) in [5.74, 6) is -0.773. The SMILES string of the molecule is C[C@H]1[C@@H](CO)[C@H](c2ccccc2)O[C@]1(Cc1ccccc1)C(=O)OC(C)(C)C. The molecule has 1 heterocycles. The number of carbonyl (C=O) groups excluding carboxylic acids is 1. The molecule has 0 bridgehead atoms. The average molecular weight is 383 g/mol. The predicted octanol–water partition coefficient (Wildman–Crippen LogP) is 4.33. The van der Waals surface area contributed by atoms with Gasteiger partial charge in [0.25, 0.3) is 0 Å². The molecule has 4 nitrogen and oxygen atoms in total. The Kier molecular flexibility index (Phi) is 5.92. The molecule has 1 saturated heterocycles. The third-order valence-electron chi connectivity index (χ3n) is 5.50. The molecule has 2 aromatic carbocycles. The van der Waals surface area contributed by atoms with Crippen LogP contribution in [0.2, 0.25) is 0 Å². The highest BCUT2D eigenvalue weighted by Crippen LogP contribution is 2.50. The van der Waals surface area contributed by atoms with Crippen LogP contribution < -0.4 is 0 Å². The fraction of sp³-hybridized carbons (Fsp3) is 0.458. The topological polar surface area (TPSA) is 55.8 Å². The van der Waals surface area contributed by atoms with Crippen molar-refractivity contribution in [1.29, 1.82) is 0 Å². The second-order valence-corrected chi connectivity index (χ2v) is 8.64. The first-order valence-corrected chi connectivity index (χ1v) is 9.88. The first-order chi connectivity index (χ1) is 13.3. The van der Waals surface area contributed by atoms with Gasteiger partial charge in [-0.15, -0.1) is 0 Å². The van der Waals surface area contributed by atoms with Crippen molar-refractivity contribution >= 4 is 5.97 Å². The van der Waals surface area contributed by atoms with Crippen molar-refractivity contribution < 1.29 is 19.4 Å². The van der Waals surface area contributed by atoms with E-state index in [0.717, 1.165) is 11.1 Å². The predicted molar refractivity (Wildman–Crippen MR) is 109 cm³/mol. The quantitative estimate of drug-likeness (QED) is 0.782. The number of benzene rings is 2. The summed E-state index contributed by atoms with van der Waals surface area (Å²) in [6, 6.07) is 19.6. The Hall–Kier alpha value is -2.17. The summed E-state index contributed by atoms with van der Waals surface area (Å²) in [5, 5.41) is 10.1. The molecule has 0 saturated carbocycles. The summed E-state index contributed by atoms with van der Waals surface area (Å²) in [7, 11) is 0. The van der Waals surface area contributed by atoms with Crippen molar-refractivity contribution in [3.8, 4) is 0 Å². The largest absolute Gasteiger partial charge is 0.458 e. The summed E-state index contributed by atoms with van der Waals surface area (Å²) in [6.07, 6.45) is 0.0430. The van der Waals surface area contributed by atoms with Crippen LogP contribution in [0, 0.1) is 11.8 Å². The number of hydrogen-bond donors (Lipinski definition) is 1. The van der Waals surface area contributed by atoms with Gasteiger partial charge in [-0.2, -0.15) is 0 Å². The van der Waals surface area contributed by atoms with Crippen LogP contribution in [-0.4, -0.2) is 28.9 Å². The highest BCUT2D eigenvalue weighted by Gasteiger charge is 2.58. The van der Waals surface area contributed by atoms with Crippen LogP contribution >= 0.6 is 0 Å². The Morgan fingerprint density at radius 3 is 2.18 bits per heavy atom. The second-order valence-electron chi connectivity index (χ2n) is 8.64. The minimum Gasteiger partial charge on any atom is -0.458 e. The zero-order chi connectivity index (χ0) is 20.4. The van der Waals surface area contributed by atoms with Crippen molar-refractivity contribution in [2.24, 2.45) is 11.8 Å². The minimum atomic E-state index is -1.15.